The highest BCUT2D eigenvalue weighted by molar-refractivity contribution is 5.81. The summed E-state index contributed by atoms with van der Waals surface area (Å²) in [6.45, 7) is 4.53. The monoisotopic (exact) mass is 361 g/mol. The van der Waals surface area contributed by atoms with Crippen molar-refractivity contribution >= 4 is 17.0 Å². The second-order valence-electron chi connectivity index (χ2n) is 7.13. The molecule has 3 rings (SSSR count). The molecule has 7 nitrogen and oxygen atoms in total. The zero-order chi connectivity index (χ0) is 18.2. The average Bonchev–Trinajstić information content (AvgIpc) is 3.26. The Bertz CT molecular complexity index is 675. The smallest absolute Gasteiger partial charge is 0.165 e. The van der Waals surface area contributed by atoms with Crippen LogP contribution in [0.1, 0.15) is 58.3 Å². The average molecular weight is 361 g/mol. The first-order valence-electron chi connectivity index (χ1n) is 9.92. The van der Waals surface area contributed by atoms with Gasteiger partial charge in [-0.15, -0.1) is 0 Å². The fraction of sp³-hybridized carbons (Fsp3) is 0.737. The van der Waals surface area contributed by atoms with E-state index in [0.717, 1.165) is 38.1 Å². The second kappa shape index (κ2) is 9.83. The Kier molecular flexibility index (Phi) is 7.20. The number of aromatic nitrogens is 4. The molecule has 144 valence electrons. The van der Waals surface area contributed by atoms with Gasteiger partial charge in [0.1, 0.15) is 11.8 Å². The Morgan fingerprint density at radius 2 is 1.92 bits per heavy atom. The van der Waals surface area contributed by atoms with Crippen molar-refractivity contribution in [3.05, 3.63) is 12.7 Å². The molecule has 7 heteroatoms. The van der Waals surface area contributed by atoms with Gasteiger partial charge in [0, 0.05) is 6.61 Å². The number of rotatable bonds is 11. The Morgan fingerprint density at radius 3 is 2.81 bits per heavy atom. The molecule has 26 heavy (non-hydrogen) atoms. The van der Waals surface area contributed by atoms with E-state index in [1.165, 1.54) is 38.4 Å². The minimum Gasteiger partial charge on any atom is -0.382 e. The molecule has 0 bridgehead atoms. The summed E-state index contributed by atoms with van der Waals surface area (Å²) in [4.78, 5) is 12.6. The molecule has 1 saturated heterocycles. The van der Waals surface area contributed by atoms with Gasteiger partial charge in [-0.05, 0) is 19.3 Å². The summed E-state index contributed by atoms with van der Waals surface area (Å²) in [5, 5.41) is 0. The third-order valence-corrected chi connectivity index (χ3v) is 4.97. The van der Waals surface area contributed by atoms with E-state index >= 15 is 0 Å². The van der Waals surface area contributed by atoms with Crippen LogP contribution in [0.5, 0.6) is 0 Å². The summed E-state index contributed by atoms with van der Waals surface area (Å²) in [5.41, 5.74) is 7.26. The molecule has 1 aliphatic heterocycles. The zero-order valence-corrected chi connectivity index (χ0v) is 15.8. The summed E-state index contributed by atoms with van der Waals surface area (Å²) < 4.78 is 13.9. The van der Waals surface area contributed by atoms with E-state index in [2.05, 4.69) is 21.9 Å². The number of ether oxygens (including phenoxy) is 2. The number of nitrogens with zero attached hydrogens (tertiary/aromatic N) is 4. The van der Waals surface area contributed by atoms with Gasteiger partial charge < -0.3 is 19.8 Å². The van der Waals surface area contributed by atoms with Crippen molar-refractivity contribution in [1.29, 1.82) is 0 Å². The highest BCUT2D eigenvalue weighted by atomic mass is 16.5. The number of imidazole rings is 1. The van der Waals surface area contributed by atoms with Crippen LogP contribution in [0.15, 0.2) is 12.7 Å². The van der Waals surface area contributed by atoms with Crippen LogP contribution in [0, 0.1) is 0 Å². The first-order valence-corrected chi connectivity index (χ1v) is 9.92. The fourth-order valence-electron chi connectivity index (χ4n) is 3.49. The predicted molar refractivity (Wildman–Crippen MR) is 102 cm³/mol. The molecule has 3 heterocycles. The molecule has 2 aromatic heterocycles. The number of unbranched alkanes of at least 4 members (excludes halogenated alkanes) is 5. The van der Waals surface area contributed by atoms with Crippen LogP contribution in [-0.4, -0.2) is 44.9 Å². The molecule has 2 unspecified atom stereocenters. The van der Waals surface area contributed by atoms with E-state index in [9.17, 15) is 0 Å². The van der Waals surface area contributed by atoms with Crippen LogP contribution in [0.2, 0.25) is 0 Å². The van der Waals surface area contributed by atoms with Gasteiger partial charge in [-0.25, -0.2) is 15.0 Å². The standard InChI is InChI=1S/C19H31N5O2/c1-2-3-4-5-6-7-10-25-12-16-9-8-15(26-16)11-24-14-23-17-18(20)21-13-22-19(17)24/h13-16H,2-12H2,1H3,(H2,20,21,22). The highest BCUT2D eigenvalue weighted by Crippen LogP contribution is 2.23. The molecular weight excluding hydrogens is 330 g/mol. The van der Waals surface area contributed by atoms with Crippen molar-refractivity contribution in [3.8, 4) is 0 Å². The minimum atomic E-state index is 0.172. The lowest BCUT2D eigenvalue weighted by Crippen LogP contribution is -2.20. The lowest BCUT2D eigenvalue weighted by Gasteiger charge is -2.15. The minimum absolute atomic E-state index is 0.172. The topological polar surface area (TPSA) is 88.1 Å². The van der Waals surface area contributed by atoms with Crippen molar-refractivity contribution in [2.24, 2.45) is 0 Å². The summed E-state index contributed by atoms with van der Waals surface area (Å²) in [7, 11) is 0. The largest absolute Gasteiger partial charge is 0.382 e. The molecule has 0 aromatic carbocycles. The summed E-state index contributed by atoms with van der Waals surface area (Å²) in [5.74, 6) is 0.419. The van der Waals surface area contributed by atoms with Crippen molar-refractivity contribution in [2.45, 2.75) is 77.0 Å². The van der Waals surface area contributed by atoms with Crippen LogP contribution in [-0.2, 0) is 16.0 Å². The van der Waals surface area contributed by atoms with Crippen LogP contribution in [0.3, 0.4) is 0 Å². The number of fused-ring (bicyclic) bond motifs is 1. The van der Waals surface area contributed by atoms with Crippen LogP contribution < -0.4 is 5.73 Å². The number of nitrogen functional groups attached to an aromatic ring is 1. The fourth-order valence-corrected chi connectivity index (χ4v) is 3.49. The van der Waals surface area contributed by atoms with Gasteiger partial charge in [-0.1, -0.05) is 39.0 Å². The SMILES string of the molecule is CCCCCCCCOCC1CCC(Cn2cnc3c(N)ncnc32)O1. The molecule has 2 N–H and O–H groups in total. The number of nitrogens with two attached hydrogens (primary N) is 1. The van der Waals surface area contributed by atoms with Crippen LogP contribution in [0.25, 0.3) is 11.2 Å². The Labute approximate surface area is 155 Å². The number of hydrogen-bond acceptors (Lipinski definition) is 6. The lowest BCUT2D eigenvalue weighted by atomic mass is 10.1. The van der Waals surface area contributed by atoms with Crippen molar-refractivity contribution in [3.63, 3.8) is 0 Å². The van der Waals surface area contributed by atoms with E-state index < -0.39 is 0 Å². The molecule has 0 radical (unpaired) electrons. The molecule has 0 saturated carbocycles. The summed E-state index contributed by atoms with van der Waals surface area (Å²) in [6, 6.07) is 0. The molecule has 2 atom stereocenters. The number of hydrogen-bond donors (Lipinski definition) is 1. The van der Waals surface area contributed by atoms with E-state index in [0.29, 0.717) is 17.9 Å². The summed E-state index contributed by atoms with van der Waals surface area (Å²) >= 11 is 0. The van der Waals surface area contributed by atoms with Gasteiger partial charge in [-0.3, -0.25) is 0 Å². The zero-order valence-electron chi connectivity index (χ0n) is 15.8. The Morgan fingerprint density at radius 1 is 1.12 bits per heavy atom. The maximum absolute atomic E-state index is 6.13. The van der Waals surface area contributed by atoms with E-state index in [1.807, 2.05) is 4.57 Å². The Balaban J connectivity index is 1.34. The lowest BCUT2D eigenvalue weighted by molar-refractivity contribution is -0.0200. The highest BCUT2D eigenvalue weighted by Gasteiger charge is 2.26. The van der Waals surface area contributed by atoms with E-state index in [-0.39, 0.29) is 12.2 Å². The maximum Gasteiger partial charge on any atom is 0.165 e. The molecule has 1 aliphatic rings. The van der Waals surface area contributed by atoms with Crippen molar-refractivity contribution < 1.29 is 9.47 Å². The molecule has 0 spiro atoms. The third kappa shape index (κ3) is 5.14. The van der Waals surface area contributed by atoms with Crippen LogP contribution in [0.4, 0.5) is 5.82 Å². The normalized spacial score (nSPS) is 20.2. The molecule has 1 fully saturated rings. The molecular formula is C19H31N5O2. The van der Waals surface area contributed by atoms with E-state index in [4.69, 9.17) is 15.2 Å². The summed E-state index contributed by atoms with van der Waals surface area (Å²) in [6.07, 6.45) is 13.4. The maximum atomic E-state index is 6.13. The van der Waals surface area contributed by atoms with Gasteiger partial charge in [0.05, 0.1) is 31.7 Å². The van der Waals surface area contributed by atoms with Gasteiger partial charge in [0.2, 0.25) is 0 Å². The molecule has 0 aliphatic carbocycles. The quantitative estimate of drug-likeness (QED) is 0.618. The first kappa shape index (κ1) is 19.0. The van der Waals surface area contributed by atoms with Crippen LogP contribution >= 0.6 is 0 Å². The van der Waals surface area contributed by atoms with Gasteiger partial charge in [0.15, 0.2) is 11.5 Å². The van der Waals surface area contributed by atoms with Gasteiger partial charge in [-0.2, -0.15) is 0 Å². The van der Waals surface area contributed by atoms with Crippen molar-refractivity contribution in [2.75, 3.05) is 18.9 Å². The van der Waals surface area contributed by atoms with Gasteiger partial charge in [0.25, 0.3) is 0 Å². The first-order chi connectivity index (χ1) is 12.8. The number of anilines is 1. The third-order valence-electron chi connectivity index (χ3n) is 4.97. The van der Waals surface area contributed by atoms with E-state index in [1.54, 1.807) is 6.33 Å². The second-order valence-corrected chi connectivity index (χ2v) is 7.13. The predicted octanol–water partition coefficient (Wildman–Crippen LogP) is 3.33. The Hall–Kier alpha value is -1.73. The van der Waals surface area contributed by atoms with Crippen molar-refractivity contribution in [1.82, 2.24) is 19.5 Å². The molecule has 2 aromatic rings. The van der Waals surface area contributed by atoms with Gasteiger partial charge >= 0.3 is 0 Å². The molecule has 0 amide bonds.